The fourth-order valence-electron chi connectivity index (χ4n) is 7.99. The number of rotatable bonds is 3. The van der Waals surface area contributed by atoms with Gasteiger partial charge in [0.1, 0.15) is 11.2 Å². The fraction of sp³-hybridized carbons (Fsp3) is 0.0682. The molecule has 3 nitrogen and oxygen atoms in total. The van der Waals surface area contributed by atoms with E-state index in [-0.39, 0.29) is 5.41 Å². The Morgan fingerprint density at radius 1 is 0.553 bits per heavy atom. The van der Waals surface area contributed by atoms with Crippen molar-refractivity contribution < 1.29 is 4.42 Å². The summed E-state index contributed by atoms with van der Waals surface area (Å²) in [7, 11) is 0. The van der Waals surface area contributed by atoms with Crippen molar-refractivity contribution in [1.29, 1.82) is 0 Å². The molecule has 3 aromatic heterocycles. The fourth-order valence-corrected chi connectivity index (χ4v) is 7.99. The molecule has 0 bridgehead atoms. The van der Waals surface area contributed by atoms with Crippen molar-refractivity contribution in [2.75, 3.05) is 0 Å². The molecule has 1 aliphatic carbocycles. The first kappa shape index (κ1) is 26.3. The normalized spacial score (nSPS) is 13.5. The molecule has 0 N–H and O–H groups in total. The molecule has 0 amide bonds. The van der Waals surface area contributed by atoms with E-state index in [9.17, 15) is 0 Å². The Morgan fingerprint density at radius 2 is 1.30 bits per heavy atom. The van der Waals surface area contributed by atoms with E-state index in [1.807, 2.05) is 6.07 Å². The first-order valence-electron chi connectivity index (χ1n) is 16.2. The summed E-state index contributed by atoms with van der Waals surface area (Å²) in [6, 6.07) is 52.0. The Bertz CT molecular complexity index is 2710. The molecule has 0 aliphatic heterocycles. The zero-order valence-corrected chi connectivity index (χ0v) is 26.2. The number of aromatic nitrogens is 2. The van der Waals surface area contributed by atoms with Crippen LogP contribution in [0, 0.1) is 0 Å². The molecular weight excluding hydrogens is 572 g/mol. The van der Waals surface area contributed by atoms with Crippen molar-refractivity contribution in [3.63, 3.8) is 0 Å². The molecule has 6 aromatic carbocycles. The second-order valence-corrected chi connectivity index (χ2v) is 13.1. The molecule has 9 aromatic rings. The molecule has 10 rings (SSSR count). The summed E-state index contributed by atoms with van der Waals surface area (Å²) in [4.78, 5) is 5.47. The van der Waals surface area contributed by atoms with E-state index in [4.69, 9.17) is 9.40 Å². The van der Waals surface area contributed by atoms with Crippen LogP contribution in [0.5, 0.6) is 0 Å². The standard InChI is InChI=1S/C44H30N2O/c1-44(2)34-20-9-6-17-30(34)40-33(27-13-4-3-5-14-27)26-35(45-43(40)44)28-15-12-16-29(25-28)46-36-21-10-7-18-31(36)41-37(46)23-24-39-42(41)32-19-8-11-22-38(32)47-39/h3-26H,1-2H3. The molecule has 0 atom stereocenters. The third-order valence-corrected chi connectivity index (χ3v) is 10.1. The number of hydrogen-bond acceptors (Lipinski definition) is 2. The van der Waals surface area contributed by atoms with Gasteiger partial charge in [-0.05, 0) is 64.7 Å². The van der Waals surface area contributed by atoms with Gasteiger partial charge in [-0.2, -0.15) is 0 Å². The van der Waals surface area contributed by atoms with Gasteiger partial charge in [0.2, 0.25) is 0 Å². The Morgan fingerprint density at radius 3 is 2.19 bits per heavy atom. The zero-order chi connectivity index (χ0) is 31.3. The number of fused-ring (bicyclic) bond motifs is 10. The van der Waals surface area contributed by atoms with Gasteiger partial charge in [0.25, 0.3) is 0 Å². The van der Waals surface area contributed by atoms with Gasteiger partial charge in [-0.25, -0.2) is 0 Å². The summed E-state index contributed by atoms with van der Waals surface area (Å²) in [5.41, 5.74) is 14.5. The van der Waals surface area contributed by atoms with Crippen LogP contribution in [0.2, 0.25) is 0 Å². The Balaban J connectivity index is 1.23. The number of pyridine rings is 1. The highest BCUT2D eigenvalue weighted by atomic mass is 16.3. The first-order valence-corrected chi connectivity index (χ1v) is 16.2. The Kier molecular flexibility index (Phi) is 5.34. The molecule has 3 heteroatoms. The van der Waals surface area contributed by atoms with Crippen molar-refractivity contribution in [1.82, 2.24) is 9.55 Å². The van der Waals surface area contributed by atoms with Gasteiger partial charge in [-0.3, -0.25) is 4.98 Å². The second-order valence-electron chi connectivity index (χ2n) is 13.1. The van der Waals surface area contributed by atoms with Crippen LogP contribution in [0.1, 0.15) is 25.1 Å². The van der Waals surface area contributed by atoms with Crippen LogP contribution >= 0.6 is 0 Å². The van der Waals surface area contributed by atoms with E-state index in [0.717, 1.165) is 44.7 Å². The molecule has 0 saturated carbocycles. The van der Waals surface area contributed by atoms with E-state index in [2.05, 4.69) is 158 Å². The van der Waals surface area contributed by atoms with Gasteiger partial charge in [-0.15, -0.1) is 0 Å². The quantitative estimate of drug-likeness (QED) is 0.201. The van der Waals surface area contributed by atoms with Crippen molar-refractivity contribution in [2.45, 2.75) is 19.3 Å². The van der Waals surface area contributed by atoms with Crippen molar-refractivity contribution in [3.8, 4) is 39.2 Å². The number of benzene rings is 6. The predicted molar refractivity (Wildman–Crippen MR) is 194 cm³/mol. The lowest BCUT2D eigenvalue weighted by molar-refractivity contribution is 0.638. The largest absolute Gasteiger partial charge is 0.456 e. The summed E-state index contributed by atoms with van der Waals surface area (Å²) in [5, 5.41) is 4.74. The van der Waals surface area contributed by atoms with E-state index in [1.54, 1.807) is 0 Å². The number of para-hydroxylation sites is 2. The van der Waals surface area contributed by atoms with Crippen LogP contribution in [0.3, 0.4) is 0 Å². The molecule has 47 heavy (non-hydrogen) atoms. The van der Waals surface area contributed by atoms with E-state index < -0.39 is 0 Å². The van der Waals surface area contributed by atoms with Gasteiger partial charge in [0.15, 0.2) is 0 Å². The molecule has 0 radical (unpaired) electrons. The lowest BCUT2D eigenvalue weighted by Crippen LogP contribution is -2.17. The molecule has 1 aliphatic rings. The van der Waals surface area contributed by atoms with E-state index in [1.165, 1.54) is 49.5 Å². The maximum Gasteiger partial charge on any atom is 0.136 e. The lowest BCUT2D eigenvalue weighted by Gasteiger charge is -2.21. The van der Waals surface area contributed by atoms with E-state index >= 15 is 0 Å². The topological polar surface area (TPSA) is 31.0 Å². The van der Waals surface area contributed by atoms with Crippen LogP contribution < -0.4 is 0 Å². The maximum absolute atomic E-state index is 6.31. The summed E-state index contributed by atoms with van der Waals surface area (Å²) in [6.07, 6.45) is 0. The van der Waals surface area contributed by atoms with Crippen LogP contribution in [0.15, 0.2) is 150 Å². The molecule has 0 unspecified atom stereocenters. The average Bonchev–Trinajstić information content (AvgIpc) is 3.74. The van der Waals surface area contributed by atoms with Gasteiger partial charge in [-0.1, -0.05) is 117 Å². The minimum atomic E-state index is -0.214. The zero-order valence-electron chi connectivity index (χ0n) is 26.2. The summed E-state index contributed by atoms with van der Waals surface area (Å²) in [6.45, 7) is 4.61. The van der Waals surface area contributed by atoms with Crippen LogP contribution in [-0.2, 0) is 5.41 Å². The smallest absolute Gasteiger partial charge is 0.136 e. The predicted octanol–water partition coefficient (Wildman–Crippen LogP) is 11.7. The van der Waals surface area contributed by atoms with Crippen LogP contribution in [0.25, 0.3) is 82.9 Å². The van der Waals surface area contributed by atoms with Crippen molar-refractivity contribution in [2.24, 2.45) is 0 Å². The van der Waals surface area contributed by atoms with Gasteiger partial charge >= 0.3 is 0 Å². The molecule has 222 valence electrons. The van der Waals surface area contributed by atoms with E-state index in [0.29, 0.717) is 0 Å². The average molecular weight is 603 g/mol. The highest BCUT2D eigenvalue weighted by molar-refractivity contribution is 6.27. The third-order valence-electron chi connectivity index (χ3n) is 10.1. The molecular formula is C44H30N2O. The van der Waals surface area contributed by atoms with Gasteiger partial charge in [0.05, 0.1) is 22.4 Å². The number of hydrogen-bond donors (Lipinski definition) is 0. The SMILES string of the molecule is CC1(C)c2ccccc2-c2c(-c3ccccc3)cc(-c3cccc(-n4c5ccccc5c5c6c(ccc54)oc4ccccc46)c3)nc21. The van der Waals surface area contributed by atoms with Crippen molar-refractivity contribution in [3.05, 3.63) is 157 Å². The first-order chi connectivity index (χ1) is 23.1. The molecule has 0 spiro atoms. The van der Waals surface area contributed by atoms with Crippen LogP contribution in [-0.4, -0.2) is 9.55 Å². The van der Waals surface area contributed by atoms with Gasteiger partial charge < -0.3 is 8.98 Å². The lowest BCUT2D eigenvalue weighted by atomic mass is 9.85. The highest BCUT2D eigenvalue weighted by Crippen LogP contribution is 2.52. The highest BCUT2D eigenvalue weighted by Gasteiger charge is 2.39. The summed E-state index contributed by atoms with van der Waals surface area (Å²) >= 11 is 0. The molecule has 3 heterocycles. The maximum atomic E-state index is 6.31. The Labute approximate surface area is 272 Å². The molecule has 0 fully saturated rings. The van der Waals surface area contributed by atoms with Crippen LogP contribution in [0.4, 0.5) is 0 Å². The second kappa shape index (κ2) is 9.54. The monoisotopic (exact) mass is 602 g/mol. The third kappa shape index (κ3) is 3.65. The minimum Gasteiger partial charge on any atom is -0.456 e. The summed E-state index contributed by atoms with van der Waals surface area (Å²) < 4.78 is 8.70. The molecule has 0 saturated heterocycles. The minimum absolute atomic E-state index is 0.214. The van der Waals surface area contributed by atoms with Gasteiger partial charge in [0, 0.05) is 43.8 Å². The number of nitrogens with zero attached hydrogens (tertiary/aromatic N) is 2. The van der Waals surface area contributed by atoms with Crippen molar-refractivity contribution >= 4 is 43.7 Å². The number of furan rings is 1. The summed E-state index contributed by atoms with van der Waals surface area (Å²) in [5.74, 6) is 0. The Hall–Kier alpha value is -5.93.